The van der Waals surface area contributed by atoms with Crippen molar-refractivity contribution in [2.75, 3.05) is 13.7 Å². The second-order valence-corrected chi connectivity index (χ2v) is 7.18. The summed E-state index contributed by atoms with van der Waals surface area (Å²) in [5.74, 6) is 0.973. The minimum absolute atomic E-state index is 0.0476. The monoisotopic (exact) mass is 392 g/mol. The molecule has 0 aliphatic carbocycles. The fourth-order valence-corrected chi connectivity index (χ4v) is 3.73. The van der Waals surface area contributed by atoms with Crippen molar-refractivity contribution in [2.24, 2.45) is 0 Å². The van der Waals surface area contributed by atoms with Crippen molar-refractivity contribution in [1.82, 2.24) is 30.1 Å². The minimum Gasteiger partial charge on any atom is -0.497 e. The van der Waals surface area contributed by atoms with Crippen molar-refractivity contribution in [3.63, 3.8) is 0 Å². The van der Waals surface area contributed by atoms with Crippen LogP contribution in [0.15, 0.2) is 48.9 Å². The number of methoxy groups -OCH3 is 1. The van der Waals surface area contributed by atoms with E-state index in [1.165, 1.54) is 11.9 Å². The van der Waals surface area contributed by atoms with Crippen molar-refractivity contribution in [3.05, 3.63) is 65.7 Å². The highest BCUT2D eigenvalue weighted by atomic mass is 16.5. The smallest absolute Gasteiger partial charge is 0.225 e. The first-order valence-electron chi connectivity index (χ1n) is 9.81. The zero-order chi connectivity index (χ0) is 20.1. The molecule has 0 radical (unpaired) electrons. The van der Waals surface area contributed by atoms with E-state index in [9.17, 15) is 4.79 Å². The summed E-state index contributed by atoms with van der Waals surface area (Å²) in [6, 6.07) is 12.3. The summed E-state index contributed by atoms with van der Waals surface area (Å²) in [5, 5.41) is 11.0. The van der Waals surface area contributed by atoms with Crippen molar-refractivity contribution in [3.8, 4) is 5.75 Å². The van der Waals surface area contributed by atoms with E-state index in [0.717, 1.165) is 42.8 Å². The van der Waals surface area contributed by atoms with Gasteiger partial charge < -0.3 is 9.64 Å². The van der Waals surface area contributed by atoms with Crippen LogP contribution in [0, 0.1) is 0 Å². The van der Waals surface area contributed by atoms with Gasteiger partial charge in [0.05, 0.1) is 25.4 Å². The summed E-state index contributed by atoms with van der Waals surface area (Å²) >= 11 is 0. The van der Waals surface area contributed by atoms with Gasteiger partial charge in [0, 0.05) is 19.2 Å². The molecule has 0 bridgehead atoms. The number of tetrazole rings is 1. The maximum absolute atomic E-state index is 12.7. The van der Waals surface area contributed by atoms with Crippen LogP contribution in [0.2, 0.25) is 0 Å². The molecule has 29 heavy (non-hydrogen) atoms. The highest BCUT2D eigenvalue weighted by molar-refractivity contribution is 5.76. The quantitative estimate of drug-likeness (QED) is 0.614. The van der Waals surface area contributed by atoms with E-state index in [1.807, 2.05) is 23.2 Å². The second kappa shape index (κ2) is 8.81. The summed E-state index contributed by atoms with van der Waals surface area (Å²) in [6.45, 7) is 1.26. The predicted molar refractivity (Wildman–Crippen MR) is 106 cm³/mol. The van der Waals surface area contributed by atoms with Crippen LogP contribution in [0.25, 0.3) is 0 Å². The van der Waals surface area contributed by atoms with Crippen LogP contribution in [-0.2, 0) is 17.8 Å². The number of amides is 1. The number of pyridine rings is 1. The molecule has 1 aliphatic heterocycles. The van der Waals surface area contributed by atoms with E-state index < -0.39 is 0 Å². The molecule has 0 saturated carbocycles. The molecule has 1 aromatic carbocycles. The molecule has 2 aromatic heterocycles. The molecule has 0 N–H and O–H groups in total. The molecule has 1 aliphatic rings. The first-order valence-corrected chi connectivity index (χ1v) is 9.81. The summed E-state index contributed by atoms with van der Waals surface area (Å²) < 4.78 is 6.78. The van der Waals surface area contributed by atoms with Gasteiger partial charge in [-0.1, -0.05) is 18.2 Å². The Labute approximate surface area is 169 Å². The number of carbonyl (C=O) groups is 1. The van der Waals surface area contributed by atoms with Crippen molar-refractivity contribution >= 4 is 5.91 Å². The lowest BCUT2D eigenvalue weighted by atomic mass is 10.0. The Morgan fingerprint density at radius 3 is 2.69 bits per heavy atom. The molecule has 1 unspecified atom stereocenters. The van der Waals surface area contributed by atoms with Gasteiger partial charge in [0.25, 0.3) is 0 Å². The molecule has 3 heterocycles. The van der Waals surface area contributed by atoms with E-state index in [-0.39, 0.29) is 11.9 Å². The van der Waals surface area contributed by atoms with Gasteiger partial charge in [0.1, 0.15) is 12.1 Å². The van der Waals surface area contributed by atoms with E-state index in [4.69, 9.17) is 4.74 Å². The standard InChI is InChI=1S/C21H24N6O2/c1-29-18-7-4-16(5-8-18)13-17-6-9-19(22-14-17)20-3-2-11-27(20)21(28)10-12-26-15-23-24-25-26/h4-9,14-15,20H,2-3,10-13H2,1H3. The first-order chi connectivity index (χ1) is 14.2. The summed E-state index contributed by atoms with van der Waals surface area (Å²) in [6.07, 6.45) is 6.59. The maximum Gasteiger partial charge on any atom is 0.225 e. The predicted octanol–water partition coefficient (Wildman–Crippen LogP) is 2.42. The Morgan fingerprint density at radius 1 is 1.17 bits per heavy atom. The summed E-state index contributed by atoms with van der Waals surface area (Å²) in [5.41, 5.74) is 3.31. The third-order valence-electron chi connectivity index (χ3n) is 5.28. The van der Waals surface area contributed by atoms with Gasteiger partial charge in [-0.3, -0.25) is 9.78 Å². The normalized spacial score (nSPS) is 16.2. The van der Waals surface area contributed by atoms with Gasteiger partial charge >= 0.3 is 0 Å². The number of ether oxygens (including phenoxy) is 1. The van der Waals surface area contributed by atoms with E-state index in [1.54, 1.807) is 11.8 Å². The SMILES string of the molecule is COc1ccc(Cc2ccc(C3CCCN3C(=O)CCn3cnnn3)nc2)cc1. The van der Waals surface area contributed by atoms with Crippen LogP contribution in [0.4, 0.5) is 0 Å². The number of benzene rings is 1. The molecule has 1 atom stereocenters. The lowest BCUT2D eigenvalue weighted by Crippen LogP contribution is -2.31. The van der Waals surface area contributed by atoms with Gasteiger partial charge in [-0.25, -0.2) is 4.68 Å². The van der Waals surface area contributed by atoms with Crippen molar-refractivity contribution in [2.45, 2.75) is 38.3 Å². The van der Waals surface area contributed by atoms with Crippen LogP contribution >= 0.6 is 0 Å². The molecular weight excluding hydrogens is 368 g/mol. The average Bonchev–Trinajstić information content (AvgIpc) is 3.45. The average molecular weight is 392 g/mol. The van der Waals surface area contributed by atoms with Crippen molar-refractivity contribution in [1.29, 1.82) is 0 Å². The number of aryl methyl sites for hydroxylation is 1. The molecule has 0 spiro atoms. The summed E-state index contributed by atoms with van der Waals surface area (Å²) in [4.78, 5) is 19.3. The molecular formula is C21H24N6O2. The number of hydrogen-bond donors (Lipinski definition) is 0. The molecule has 1 fully saturated rings. The van der Waals surface area contributed by atoms with Gasteiger partial charge in [-0.15, -0.1) is 5.10 Å². The van der Waals surface area contributed by atoms with Gasteiger partial charge in [-0.05, 0) is 59.0 Å². The van der Waals surface area contributed by atoms with Crippen LogP contribution in [0.5, 0.6) is 5.75 Å². The lowest BCUT2D eigenvalue weighted by molar-refractivity contribution is -0.132. The van der Waals surface area contributed by atoms with Crippen LogP contribution in [0.3, 0.4) is 0 Å². The van der Waals surface area contributed by atoms with Gasteiger partial charge in [0.15, 0.2) is 0 Å². The first kappa shape index (κ1) is 19.0. The zero-order valence-corrected chi connectivity index (χ0v) is 16.4. The number of rotatable bonds is 7. The Hall–Kier alpha value is -3.29. The topological polar surface area (TPSA) is 86.0 Å². The largest absolute Gasteiger partial charge is 0.497 e. The van der Waals surface area contributed by atoms with Gasteiger partial charge in [-0.2, -0.15) is 0 Å². The van der Waals surface area contributed by atoms with E-state index >= 15 is 0 Å². The Bertz CT molecular complexity index is 925. The third kappa shape index (κ3) is 4.59. The van der Waals surface area contributed by atoms with Crippen LogP contribution in [0.1, 0.15) is 42.1 Å². The fraction of sp³-hybridized carbons (Fsp3) is 0.381. The van der Waals surface area contributed by atoms with Crippen LogP contribution < -0.4 is 4.74 Å². The highest BCUT2D eigenvalue weighted by Gasteiger charge is 2.30. The molecule has 150 valence electrons. The number of aromatic nitrogens is 5. The Balaban J connectivity index is 1.38. The number of carbonyl (C=O) groups excluding carboxylic acids is 1. The fourth-order valence-electron chi connectivity index (χ4n) is 3.73. The molecule has 3 aromatic rings. The van der Waals surface area contributed by atoms with E-state index in [2.05, 4.69) is 44.8 Å². The zero-order valence-electron chi connectivity index (χ0n) is 16.4. The number of hydrogen-bond acceptors (Lipinski definition) is 6. The molecule has 8 heteroatoms. The molecule has 1 saturated heterocycles. The van der Waals surface area contributed by atoms with E-state index in [0.29, 0.717) is 13.0 Å². The Morgan fingerprint density at radius 2 is 2.00 bits per heavy atom. The molecule has 1 amide bonds. The van der Waals surface area contributed by atoms with Gasteiger partial charge in [0.2, 0.25) is 5.91 Å². The highest BCUT2D eigenvalue weighted by Crippen LogP contribution is 2.31. The third-order valence-corrected chi connectivity index (χ3v) is 5.28. The lowest BCUT2D eigenvalue weighted by Gasteiger charge is -2.24. The number of nitrogens with zero attached hydrogens (tertiary/aromatic N) is 6. The van der Waals surface area contributed by atoms with Crippen molar-refractivity contribution < 1.29 is 9.53 Å². The number of likely N-dealkylation sites (tertiary alicyclic amines) is 1. The second-order valence-electron chi connectivity index (χ2n) is 7.18. The minimum atomic E-state index is 0.0476. The molecule has 4 rings (SSSR count). The maximum atomic E-state index is 12.7. The summed E-state index contributed by atoms with van der Waals surface area (Å²) in [7, 11) is 1.67. The van der Waals surface area contributed by atoms with Crippen LogP contribution in [-0.4, -0.2) is 49.7 Å². The molecule has 8 nitrogen and oxygen atoms in total. The Kier molecular flexibility index (Phi) is 5.79.